The molecule has 0 heterocycles. The zero-order chi connectivity index (χ0) is 38.2. The summed E-state index contributed by atoms with van der Waals surface area (Å²) in [6.07, 6.45) is 2.58. The van der Waals surface area contributed by atoms with Crippen molar-refractivity contribution in [2.45, 2.75) is 137 Å². The van der Waals surface area contributed by atoms with Gasteiger partial charge >= 0.3 is 0 Å². The second kappa shape index (κ2) is 21.3. The number of hydrogen-bond acceptors (Lipinski definition) is 8. The topological polar surface area (TPSA) is 95.1 Å². The Labute approximate surface area is 291 Å². The third-order valence-electron chi connectivity index (χ3n) is 9.41. The third-order valence-corrected chi connectivity index (χ3v) is 9.41. The SMILES string of the molecule is CCC(C)(C)C(=O)CN(C)C.CCN(CC(=O)C(C)(C)C)CC(=O)C(C)(C)CC.CCN(CC(=O)C(C)(C)C)CC(=O)C(C)(C)CC. The fourth-order valence-corrected chi connectivity index (χ4v) is 3.37. The van der Waals surface area contributed by atoms with Gasteiger partial charge in [0.2, 0.25) is 0 Å². The maximum absolute atomic E-state index is 12.1. The van der Waals surface area contributed by atoms with Crippen LogP contribution in [0.5, 0.6) is 0 Å². The van der Waals surface area contributed by atoms with Crippen molar-refractivity contribution in [1.82, 2.24) is 14.7 Å². The molecule has 0 aromatic rings. The maximum atomic E-state index is 12.1. The first-order valence-corrected chi connectivity index (χ1v) is 17.7. The number of ketones is 5. The lowest BCUT2D eigenvalue weighted by Crippen LogP contribution is -2.41. The van der Waals surface area contributed by atoms with Crippen molar-refractivity contribution in [3.63, 3.8) is 0 Å². The molecule has 0 aromatic carbocycles. The Kier molecular flexibility index (Phi) is 22.5. The van der Waals surface area contributed by atoms with Crippen LogP contribution in [0.15, 0.2) is 0 Å². The van der Waals surface area contributed by atoms with Crippen LogP contribution in [0.3, 0.4) is 0 Å². The van der Waals surface area contributed by atoms with Crippen LogP contribution in [0.4, 0.5) is 0 Å². The van der Waals surface area contributed by atoms with Crippen LogP contribution in [0.1, 0.15) is 137 Å². The van der Waals surface area contributed by atoms with Crippen molar-refractivity contribution >= 4 is 28.9 Å². The van der Waals surface area contributed by atoms with E-state index in [9.17, 15) is 24.0 Å². The van der Waals surface area contributed by atoms with Gasteiger partial charge in [-0.15, -0.1) is 0 Å². The van der Waals surface area contributed by atoms with Gasteiger partial charge in [-0.3, -0.25) is 33.8 Å². The van der Waals surface area contributed by atoms with Gasteiger partial charge in [-0.2, -0.15) is 0 Å². The van der Waals surface area contributed by atoms with Gasteiger partial charge in [0, 0.05) is 27.1 Å². The number of likely N-dealkylation sites (N-methyl/N-ethyl adjacent to an activating group) is 3. The van der Waals surface area contributed by atoms with Gasteiger partial charge in [0.15, 0.2) is 28.9 Å². The molecule has 0 radical (unpaired) electrons. The summed E-state index contributed by atoms with van der Waals surface area (Å²) < 4.78 is 0. The van der Waals surface area contributed by atoms with E-state index in [4.69, 9.17) is 0 Å². The average Bonchev–Trinajstić information content (AvgIpc) is 2.95. The van der Waals surface area contributed by atoms with E-state index in [1.54, 1.807) is 0 Å². The highest BCUT2D eigenvalue weighted by Crippen LogP contribution is 2.24. The molecule has 0 aliphatic carbocycles. The lowest BCUT2D eigenvalue weighted by molar-refractivity contribution is -0.132. The number of nitrogens with zero attached hydrogens (tertiary/aromatic N) is 3. The van der Waals surface area contributed by atoms with Gasteiger partial charge in [-0.25, -0.2) is 0 Å². The normalized spacial score (nSPS) is 12.7. The molecule has 0 spiro atoms. The van der Waals surface area contributed by atoms with Crippen LogP contribution in [-0.4, -0.2) is 104 Å². The molecule has 0 aliphatic heterocycles. The summed E-state index contributed by atoms with van der Waals surface area (Å²) in [5, 5.41) is 0. The van der Waals surface area contributed by atoms with E-state index in [0.717, 1.165) is 32.4 Å². The summed E-state index contributed by atoms with van der Waals surface area (Å²) >= 11 is 0. The Morgan fingerprint density at radius 2 is 0.596 bits per heavy atom. The minimum atomic E-state index is -0.337. The molecule has 0 fully saturated rings. The summed E-state index contributed by atoms with van der Waals surface area (Å²) in [6, 6.07) is 0. The predicted molar refractivity (Wildman–Crippen MR) is 199 cm³/mol. The molecule has 8 heteroatoms. The molecule has 8 nitrogen and oxygen atoms in total. The van der Waals surface area contributed by atoms with E-state index in [1.165, 1.54) is 0 Å². The molecule has 47 heavy (non-hydrogen) atoms. The second-order valence-electron chi connectivity index (χ2n) is 17.2. The molecule has 0 amide bonds. The minimum absolute atomic E-state index is 0.149. The Morgan fingerprint density at radius 3 is 0.766 bits per heavy atom. The largest absolute Gasteiger partial charge is 0.302 e. The standard InChI is InChI=1S/2C15H29NO2.C9H19NO/c2*1-8-15(6,7)13(18)11-16(9-2)10-12(17)14(3,4)5;1-6-9(2,3)8(11)7-10(4)5/h2*8-11H2,1-7H3;6-7H2,1-5H3. The van der Waals surface area contributed by atoms with E-state index in [-0.39, 0.29) is 50.2 Å². The molecule has 0 rings (SSSR count). The second-order valence-corrected chi connectivity index (χ2v) is 17.2. The molecule has 0 N–H and O–H groups in total. The smallest absolute Gasteiger partial charge is 0.152 e. The average molecular weight is 668 g/mol. The van der Waals surface area contributed by atoms with Crippen LogP contribution in [0.2, 0.25) is 0 Å². The molecule has 0 saturated carbocycles. The summed E-state index contributed by atoms with van der Waals surface area (Å²) in [5.74, 6) is 1.13. The quantitative estimate of drug-likeness (QED) is 0.149. The predicted octanol–water partition coefficient (Wildman–Crippen LogP) is 7.41. The summed E-state index contributed by atoms with van der Waals surface area (Å²) in [5.41, 5.74) is -1.41. The lowest BCUT2D eigenvalue weighted by Gasteiger charge is -2.28. The first-order chi connectivity index (χ1) is 21.0. The maximum Gasteiger partial charge on any atom is 0.152 e. The van der Waals surface area contributed by atoms with E-state index >= 15 is 0 Å². The zero-order valence-corrected chi connectivity index (χ0v) is 34.5. The summed E-state index contributed by atoms with van der Waals surface area (Å²) in [7, 11) is 3.84. The highest BCUT2D eigenvalue weighted by atomic mass is 16.1. The fourth-order valence-electron chi connectivity index (χ4n) is 3.37. The van der Waals surface area contributed by atoms with Gasteiger partial charge in [-0.05, 0) is 46.4 Å². The van der Waals surface area contributed by atoms with Crippen molar-refractivity contribution in [2.75, 3.05) is 59.9 Å². The van der Waals surface area contributed by atoms with Crippen LogP contribution in [0, 0.1) is 27.1 Å². The fraction of sp³-hybridized carbons (Fsp3) is 0.872. The van der Waals surface area contributed by atoms with Crippen LogP contribution >= 0.6 is 0 Å². The van der Waals surface area contributed by atoms with Crippen LogP contribution in [0.25, 0.3) is 0 Å². The lowest BCUT2D eigenvalue weighted by atomic mass is 9.85. The van der Waals surface area contributed by atoms with Crippen molar-refractivity contribution in [2.24, 2.45) is 27.1 Å². The first-order valence-electron chi connectivity index (χ1n) is 17.7. The van der Waals surface area contributed by atoms with Gasteiger partial charge in [-0.1, -0.05) is 118 Å². The summed E-state index contributed by atoms with van der Waals surface area (Å²) in [4.78, 5) is 65.5. The zero-order valence-electron chi connectivity index (χ0n) is 34.5. The highest BCUT2D eigenvalue weighted by molar-refractivity contribution is 5.89. The molecular weight excluding hydrogens is 590 g/mol. The molecular formula is C39H77N3O5. The molecule has 0 aromatic heterocycles. The van der Waals surface area contributed by atoms with Crippen LogP contribution in [-0.2, 0) is 24.0 Å². The van der Waals surface area contributed by atoms with E-state index < -0.39 is 0 Å². The number of hydrogen-bond donors (Lipinski definition) is 0. The first kappa shape index (κ1) is 49.6. The van der Waals surface area contributed by atoms with E-state index in [2.05, 4.69) is 0 Å². The van der Waals surface area contributed by atoms with Crippen molar-refractivity contribution < 1.29 is 24.0 Å². The van der Waals surface area contributed by atoms with Crippen molar-refractivity contribution in [1.29, 1.82) is 0 Å². The van der Waals surface area contributed by atoms with Gasteiger partial charge in [0.25, 0.3) is 0 Å². The van der Waals surface area contributed by atoms with E-state index in [0.29, 0.717) is 38.5 Å². The van der Waals surface area contributed by atoms with Gasteiger partial charge < -0.3 is 4.90 Å². The molecule has 0 aliphatic rings. The van der Waals surface area contributed by atoms with Crippen LogP contribution < -0.4 is 0 Å². The molecule has 0 unspecified atom stereocenters. The minimum Gasteiger partial charge on any atom is -0.302 e. The molecule has 0 saturated heterocycles. The summed E-state index contributed by atoms with van der Waals surface area (Å²) in [6.45, 7) is 36.9. The number of carbonyl (C=O) groups is 5. The molecule has 0 atom stereocenters. The number of rotatable bonds is 18. The van der Waals surface area contributed by atoms with Gasteiger partial charge in [0.1, 0.15) is 0 Å². The van der Waals surface area contributed by atoms with Gasteiger partial charge in [0.05, 0.1) is 32.7 Å². The Bertz CT molecular complexity index is 920. The molecule has 0 bridgehead atoms. The van der Waals surface area contributed by atoms with E-state index in [1.807, 2.05) is 146 Å². The monoisotopic (exact) mass is 668 g/mol. The number of Topliss-reactive ketones (excluding diaryl/α,β-unsaturated/α-hetero) is 5. The van der Waals surface area contributed by atoms with Crippen molar-refractivity contribution in [3.05, 3.63) is 0 Å². The molecule has 278 valence electrons. The van der Waals surface area contributed by atoms with Crippen molar-refractivity contribution in [3.8, 4) is 0 Å². The Balaban J connectivity index is -0.000000638. The third kappa shape index (κ3) is 21.0. The Morgan fingerprint density at radius 1 is 0.383 bits per heavy atom. The number of carbonyl (C=O) groups excluding carboxylic acids is 5. The highest BCUT2D eigenvalue weighted by Gasteiger charge is 2.30. The Hall–Kier alpha value is -1.77.